The first-order valence-corrected chi connectivity index (χ1v) is 10.6. The molecule has 0 aliphatic rings. The van der Waals surface area contributed by atoms with Crippen molar-refractivity contribution in [2.24, 2.45) is 5.73 Å². The molecule has 0 radical (unpaired) electrons. The molecule has 158 valence electrons. The van der Waals surface area contributed by atoms with Crippen molar-refractivity contribution in [1.29, 1.82) is 0 Å². The Morgan fingerprint density at radius 2 is 1.07 bits per heavy atom. The zero-order chi connectivity index (χ0) is 21.6. The second kappa shape index (κ2) is 9.92. The number of benzene rings is 3. The first kappa shape index (κ1) is 22.1. The molecule has 0 spiro atoms. The molecule has 0 saturated carbocycles. The quantitative estimate of drug-likeness (QED) is 0.529. The van der Waals surface area contributed by atoms with Crippen LogP contribution in [0.3, 0.4) is 0 Å². The third-order valence-corrected chi connectivity index (χ3v) is 5.46. The lowest BCUT2D eigenvalue weighted by Crippen LogP contribution is -2.22. The van der Waals surface area contributed by atoms with Crippen LogP contribution in [0.25, 0.3) is 0 Å². The van der Waals surface area contributed by atoms with Crippen molar-refractivity contribution in [3.05, 3.63) is 101 Å². The number of ether oxygens (including phenoxy) is 1. The molecule has 0 heterocycles. The fourth-order valence-corrected chi connectivity index (χ4v) is 3.56. The molecule has 0 atom stereocenters. The van der Waals surface area contributed by atoms with Gasteiger partial charge in [0.05, 0.1) is 7.11 Å². The van der Waals surface area contributed by atoms with E-state index in [1.165, 1.54) is 27.8 Å². The van der Waals surface area contributed by atoms with Crippen molar-refractivity contribution in [3.63, 3.8) is 0 Å². The van der Waals surface area contributed by atoms with Gasteiger partial charge in [-0.3, -0.25) is 4.90 Å². The molecule has 2 N–H and O–H groups in total. The normalized spacial score (nSPS) is 11.7. The van der Waals surface area contributed by atoms with E-state index in [1.54, 1.807) is 7.11 Å². The van der Waals surface area contributed by atoms with E-state index in [1.807, 2.05) is 12.1 Å². The maximum Gasteiger partial charge on any atom is 0.118 e. The first-order chi connectivity index (χ1) is 14.4. The minimum absolute atomic E-state index is 0.173. The second-order valence-electron chi connectivity index (χ2n) is 8.96. The summed E-state index contributed by atoms with van der Waals surface area (Å²) in [6.07, 6.45) is 0. The Morgan fingerprint density at radius 1 is 0.667 bits per heavy atom. The van der Waals surface area contributed by atoms with Gasteiger partial charge in [-0.2, -0.15) is 0 Å². The van der Waals surface area contributed by atoms with E-state index in [9.17, 15) is 0 Å². The van der Waals surface area contributed by atoms with Crippen molar-refractivity contribution >= 4 is 0 Å². The fraction of sp³-hybridized carbons (Fsp3) is 0.333. The van der Waals surface area contributed by atoms with Gasteiger partial charge in [0, 0.05) is 26.2 Å². The maximum absolute atomic E-state index is 5.75. The molecule has 30 heavy (non-hydrogen) atoms. The monoisotopic (exact) mass is 402 g/mol. The van der Waals surface area contributed by atoms with Gasteiger partial charge in [-0.05, 0) is 45.4 Å². The number of hydrogen-bond donors (Lipinski definition) is 1. The van der Waals surface area contributed by atoms with E-state index < -0.39 is 0 Å². The van der Waals surface area contributed by atoms with E-state index >= 15 is 0 Å². The molecule has 0 fully saturated rings. The number of nitrogens with two attached hydrogens (primary N) is 1. The number of hydrogen-bond acceptors (Lipinski definition) is 3. The molecule has 0 amide bonds. The SMILES string of the molecule is COc1ccc(CN(Cc2ccc(CN)cc2)Cc2ccc(C(C)(C)C)cc2)cc1. The van der Waals surface area contributed by atoms with Gasteiger partial charge < -0.3 is 10.5 Å². The molecule has 0 unspecified atom stereocenters. The van der Waals surface area contributed by atoms with Crippen molar-refractivity contribution in [1.82, 2.24) is 4.90 Å². The van der Waals surface area contributed by atoms with Crippen LogP contribution in [0.1, 0.15) is 48.6 Å². The fourth-order valence-electron chi connectivity index (χ4n) is 3.56. The lowest BCUT2D eigenvalue weighted by atomic mass is 9.87. The highest BCUT2D eigenvalue weighted by Gasteiger charge is 2.14. The summed E-state index contributed by atoms with van der Waals surface area (Å²) in [5.74, 6) is 0.889. The largest absolute Gasteiger partial charge is 0.497 e. The summed E-state index contributed by atoms with van der Waals surface area (Å²) in [7, 11) is 1.70. The maximum atomic E-state index is 5.75. The Morgan fingerprint density at radius 3 is 1.47 bits per heavy atom. The van der Waals surface area contributed by atoms with Crippen LogP contribution in [0.2, 0.25) is 0 Å². The highest BCUT2D eigenvalue weighted by Crippen LogP contribution is 2.23. The summed E-state index contributed by atoms with van der Waals surface area (Å²) in [6, 6.07) is 26.0. The standard InChI is InChI=1S/C27H34N2O/c1-27(2,3)25-13-9-23(10-14-25)19-29(18-22-7-5-21(17-28)6-8-22)20-24-11-15-26(30-4)16-12-24/h5-16H,17-20,28H2,1-4H3. The van der Waals surface area contributed by atoms with Crippen LogP contribution in [0.15, 0.2) is 72.8 Å². The van der Waals surface area contributed by atoms with Crippen LogP contribution in [0.4, 0.5) is 0 Å². The average Bonchev–Trinajstić information content (AvgIpc) is 2.74. The van der Waals surface area contributed by atoms with Crippen LogP contribution >= 0.6 is 0 Å². The van der Waals surface area contributed by atoms with Gasteiger partial charge in [-0.25, -0.2) is 0 Å². The Bertz CT molecular complexity index is 858. The van der Waals surface area contributed by atoms with Gasteiger partial charge in [-0.15, -0.1) is 0 Å². The van der Waals surface area contributed by atoms with Gasteiger partial charge in [0.1, 0.15) is 5.75 Å². The van der Waals surface area contributed by atoms with Gasteiger partial charge in [0.2, 0.25) is 0 Å². The lowest BCUT2D eigenvalue weighted by molar-refractivity contribution is 0.247. The van der Waals surface area contributed by atoms with Crippen molar-refractivity contribution in [3.8, 4) is 5.75 Å². The zero-order valence-corrected chi connectivity index (χ0v) is 18.7. The molecule has 3 rings (SSSR count). The molecule has 0 aliphatic carbocycles. The molecular formula is C27H34N2O. The van der Waals surface area contributed by atoms with E-state index in [-0.39, 0.29) is 5.41 Å². The lowest BCUT2D eigenvalue weighted by Gasteiger charge is -2.24. The molecular weight excluding hydrogens is 368 g/mol. The summed E-state index contributed by atoms with van der Waals surface area (Å²) < 4.78 is 5.30. The first-order valence-electron chi connectivity index (χ1n) is 10.6. The highest BCUT2D eigenvalue weighted by molar-refractivity contribution is 5.29. The average molecular weight is 403 g/mol. The number of nitrogens with zero attached hydrogens (tertiary/aromatic N) is 1. The number of methoxy groups -OCH3 is 1. The van der Waals surface area contributed by atoms with Gasteiger partial charge in [0.25, 0.3) is 0 Å². The van der Waals surface area contributed by atoms with E-state index in [0.717, 1.165) is 25.4 Å². The molecule has 0 bridgehead atoms. The van der Waals surface area contributed by atoms with E-state index in [0.29, 0.717) is 6.54 Å². The van der Waals surface area contributed by atoms with E-state index in [2.05, 4.69) is 86.3 Å². The smallest absolute Gasteiger partial charge is 0.118 e. The predicted molar refractivity (Wildman–Crippen MR) is 125 cm³/mol. The number of rotatable bonds is 8. The summed E-state index contributed by atoms with van der Waals surface area (Å²) >= 11 is 0. The van der Waals surface area contributed by atoms with Crippen LogP contribution < -0.4 is 10.5 Å². The molecule has 0 aromatic heterocycles. The van der Waals surface area contributed by atoms with Gasteiger partial charge >= 0.3 is 0 Å². The topological polar surface area (TPSA) is 38.5 Å². The second-order valence-corrected chi connectivity index (χ2v) is 8.96. The Hall–Kier alpha value is -2.62. The van der Waals surface area contributed by atoms with Crippen LogP contribution in [-0.4, -0.2) is 12.0 Å². The summed E-state index contributed by atoms with van der Waals surface area (Å²) in [6.45, 7) is 10.0. The Labute approximate surface area is 181 Å². The zero-order valence-electron chi connectivity index (χ0n) is 18.7. The minimum Gasteiger partial charge on any atom is -0.497 e. The Balaban J connectivity index is 1.78. The Kier molecular flexibility index (Phi) is 7.30. The minimum atomic E-state index is 0.173. The molecule has 3 nitrogen and oxygen atoms in total. The predicted octanol–water partition coefficient (Wildman–Crippen LogP) is 5.65. The van der Waals surface area contributed by atoms with Gasteiger partial charge in [0.15, 0.2) is 0 Å². The van der Waals surface area contributed by atoms with Gasteiger partial charge in [-0.1, -0.05) is 81.4 Å². The van der Waals surface area contributed by atoms with Crippen molar-refractivity contribution in [2.45, 2.75) is 52.4 Å². The molecule has 3 aromatic carbocycles. The molecule has 0 saturated heterocycles. The molecule has 0 aliphatic heterocycles. The van der Waals surface area contributed by atoms with Crippen molar-refractivity contribution < 1.29 is 4.74 Å². The summed E-state index contributed by atoms with van der Waals surface area (Å²) in [5.41, 5.74) is 12.4. The van der Waals surface area contributed by atoms with Crippen LogP contribution in [0.5, 0.6) is 5.75 Å². The summed E-state index contributed by atoms with van der Waals surface area (Å²) in [4.78, 5) is 2.48. The molecule has 3 heteroatoms. The third kappa shape index (κ3) is 6.19. The highest BCUT2D eigenvalue weighted by atomic mass is 16.5. The van der Waals surface area contributed by atoms with Crippen LogP contribution in [0, 0.1) is 0 Å². The van der Waals surface area contributed by atoms with Crippen molar-refractivity contribution in [2.75, 3.05) is 7.11 Å². The third-order valence-electron chi connectivity index (χ3n) is 5.46. The van der Waals surface area contributed by atoms with Crippen LogP contribution in [-0.2, 0) is 31.6 Å². The molecule has 3 aromatic rings. The van der Waals surface area contributed by atoms with E-state index in [4.69, 9.17) is 10.5 Å². The summed E-state index contributed by atoms with van der Waals surface area (Å²) in [5, 5.41) is 0.